The number of carbonyl (C=O) groups excluding carboxylic acids is 3. The van der Waals surface area contributed by atoms with E-state index < -0.39 is 5.97 Å². The second-order valence-corrected chi connectivity index (χ2v) is 5.33. The number of esters is 1. The molecule has 124 valence electrons. The first kappa shape index (κ1) is 17.4. The maximum absolute atomic E-state index is 12.0. The van der Waals surface area contributed by atoms with Gasteiger partial charge >= 0.3 is 5.97 Å². The lowest BCUT2D eigenvalue weighted by Crippen LogP contribution is -2.11. The first-order valence-electron chi connectivity index (χ1n) is 7.68. The third-order valence-corrected chi connectivity index (χ3v) is 3.35. The largest absolute Gasteiger partial charge is 0.426 e. The van der Waals surface area contributed by atoms with Gasteiger partial charge in [0.15, 0.2) is 5.78 Å². The first-order valence-corrected chi connectivity index (χ1v) is 7.68. The fourth-order valence-corrected chi connectivity index (χ4v) is 2.16. The van der Waals surface area contributed by atoms with Gasteiger partial charge in [-0.15, -0.1) is 0 Å². The molecule has 24 heavy (non-hydrogen) atoms. The monoisotopic (exact) mass is 325 g/mol. The molecule has 1 N–H and O–H groups in total. The third-order valence-electron chi connectivity index (χ3n) is 3.35. The molecule has 0 bridgehead atoms. The van der Waals surface area contributed by atoms with E-state index in [2.05, 4.69) is 5.32 Å². The van der Waals surface area contributed by atoms with Crippen LogP contribution in [0.4, 0.5) is 5.69 Å². The number of ether oxygens (including phenoxy) is 1. The van der Waals surface area contributed by atoms with Crippen molar-refractivity contribution in [3.8, 4) is 5.75 Å². The van der Waals surface area contributed by atoms with Crippen LogP contribution in [0.1, 0.15) is 36.2 Å². The number of nitrogens with one attached hydrogen (secondary N) is 1. The van der Waals surface area contributed by atoms with Crippen LogP contribution in [0.3, 0.4) is 0 Å². The molecule has 0 saturated heterocycles. The zero-order valence-corrected chi connectivity index (χ0v) is 13.7. The predicted molar refractivity (Wildman–Crippen MR) is 91.1 cm³/mol. The summed E-state index contributed by atoms with van der Waals surface area (Å²) in [6, 6.07) is 13.5. The molecule has 0 fully saturated rings. The molecule has 1 amide bonds. The molecule has 0 unspecified atom stereocenters. The Morgan fingerprint density at radius 3 is 2.12 bits per heavy atom. The average molecular weight is 325 g/mol. The van der Waals surface area contributed by atoms with E-state index in [9.17, 15) is 14.4 Å². The second kappa shape index (κ2) is 8.06. The highest BCUT2D eigenvalue weighted by molar-refractivity contribution is 5.96. The van der Waals surface area contributed by atoms with Crippen LogP contribution in [0.25, 0.3) is 0 Å². The summed E-state index contributed by atoms with van der Waals surface area (Å²) >= 11 is 0. The van der Waals surface area contributed by atoms with Crippen LogP contribution in [0.5, 0.6) is 5.75 Å². The summed E-state index contributed by atoms with van der Waals surface area (Å²) < 4.78 is 5.26. The Kier molecular flexibility index (Phi) is 5.84. The summed E-state index contributed by atoms with van der Waals surface area (Å²) in [6.45, 7) is 3.23. The SMILES string of the molecule is CCC(=O)c1ccc(OC(=O)Cc2ccc(NC(C)=O)cc2)cc1. The van der Waals surface area contributed by atoms with Gasteiger partial charge in [0, 0.05) is 24.6 Å². The Hall–Kier alpha value is -2.95. The second-order valence-electron chi connectivity index (χ2n) is 5.33. The molecule has 0 aliphatic heterocycles. The summed E-state index contributed by atoms with van der Waals surface area (Å²) in [5, 5.41) is 2.66. The van der Waals surface area contributed by atoms with E-state index in [-0.39, 0.29) is 18.1 Å². The van der Waals surface area contributed by atoms with Gasteiger partial charge in [-0.05, 0) is 42.0 Å². The number of rotatable bonds is 6. The topological polar surface area (TPSA) is 72.5 Å². The molecular formula is C19H19NO4. The molecule has 0 heterocycles. The van der Waals surface area contributed by atoms with Crippen molar-refractivity contribution in [3.05, 3.63) is 59.7 Å². The van der Waals surface area contributed by atoms with Gasteiger partial charge in [0.05, 0.1) is 6.42 Å². The van der Waals surface area contributed by atoms with E-state index in [1.807, 2.05) is 0 Å². The average Bonchev–Trinajstić information content (AvgIpc) is 2.56. The summed E-state index contributed by atoms with van der Waals surface area (Å²) in [5.74, 6) is -0.0846. The Morgan fingerprint density at radius 2 is 1.58 bits per heavy atom. The van der Waals surface area contributed by atoms with Gasteiger partial charge in [-0.1, -0.05) is 19.1 Å². The molecule has 2 aromatic rings. The van der Waals surface area contributed by atoms with Gasteiger partial charge in [-0.2, -0.15) is 0 Å². The number of ketones is 1. The highest BCUT2D eigenvalue weighted by atomic mass is 16.5. The fourth-order valence-electron chi connectivity index (χ4n) is 2.16. The number of anilines is 1. The van der Waals surface area contributed by atoms with Crippen LogP contribution in [-0.2, 0) is 16.0 Å². The molecule has 0 atom stereocenters. The van der Waals surface area contributed by atoms with Gasteiger partial charge in [-0.25, -0.2) is 0 Å². The van der Waals surface area contributed by atoms with Crippen molar-refractivity contribution < 1.29 is 19.1 Å². The van der Waals surface area contributed by atoms with Crippen LogP contribution in [0.15, 0.2) is 48.5 Å². The number of hydrogen-bond donors (Lipinski definition) is 1. The Bertz CT molecular complexity index is 733. The molecule has 0 spiro atoms. The quantitative estimate of drug-likeness (QED) is 0.502. The molecule has 0 saturated carbocycles. The van der Waals surface area contributed by atoms with Gasteiger partial charge < -0.3 is 10.1 Å². The van der Waals surface area contributed by atoms with Crippen LogP contribution < -0.4 is 10.1 Å². The minimum absolute atomic E-state index is 0.0483. The van der Waals surface area contributed by atoms with E-state index in [0.717, 1.165) is 5.56 Å². The van der Waals surface area contributed by atoms with E-state index in [1.165, 1.54) is 6.92 Å². The molecule has 0 aliphatic rings. The first-order chi connectivity index (χ1) is 11.5. The minimum Gasteiger partial charge on any atom is -0.426 e. The predicted octanol–water partition coefficient (Wildman–Crippen LogP) is 3.39. The van der Waals surface area contributed by atoms with Crippen molar-refractivity contribution in [1.82, 2.24) is 0 Å². The lowest BCUT2D eigenvalue weighted by Gasteiger charge is -2.06. The smallest absolute Gasteiger partial charge is 0.315 e. The number of carbonyl (C=O) groups is 3. The van der Waals surface area contributed by atoms with Crippen molar-refractivity contribution in [3.63, 3.8) is 0 Å². The van der Waals surface area contributed by atoms with E-state index in [4.69, 9.17) is 4.74 Å². The highest BCUT2D eigenvalue weighted by Gasteiger charge is 2.08. The molecule has 5 heteroatoms. The number of benzene rings is 2. The summed E-state index contributed by atoms with van der Waals surface area (Å²) in [7, 11) is 0. The molecule has 0 aliphatic carbocycles. The molecular weight excluding hydrogens is 306 g/mol. The summed E-state index contributed by atoms with van der Waals surface area (Å²) in [6.07, 6.45) is 0.559. The standard InChI is InChI=1S/C19H19NO4/c1-3-18(22)15-6-10-17(11-7-15)24-19(23)12-14-4-8-16(9-5-14)20-13(2)21/h4-11H,3,12H2,1-2H3,(H,20,21). The summed E-state index contributed by atoms with van der Waals surface area (Å²) in [5.41, 5.74) is 2.06. The molecule has 5 nitrogen and oxygen atoms in total. The number of Topliss-reactive ketones (excluding diaryl/α,β-unsaturated/α-hetero) is 1. The Balaban J connectivity index is 1.93. The van der Waals surface area contributed by atoms with Crippen molar-refractivity contribution >= 4 is 23.3 Å². The Labute approximate surface area is 140 Å². The minimum atomic E-state index is -0.392. The maximum atomic E-state index is 12.0. The van der Waals surface area contributed by atoms with Crippen LogP contribution in [0, 0.1) is 0 Å². The van der Waals surface area contributed by atoms with Crippen molar-refractivity contribution in [2.75, 3.05) is 5.32 Å². The van der Waals surface area contributed by atoms with Crippen molar-refractivity contribution in [2.45, 2.75) is 26.7 Å². The fraction of sp³-hybridized carbons (Fsp3) is 0.211. The molecule has 2 rings (SSSR count). The Morgan fingerprint density at radius 1 is 0.958 bits per heavy atom. The number of amides is 1. The zero-order chi connectivity index (χ0) is 17.5. The summed E-state index contributed by atoms with van der Waals surface area (Å²) in [4.78, 5) is 34.5. The lowest BCUT2D eigenvalue weighted by molar-refractivity contribution is -0.133. The number of hydrogen-bond acceptors (Lipinski definition) is 4. The molecule has 0 aromatic heterocycles. The van der Waals surface area contributed by atoms with Crippen molar-refractivity contribution in [2.24, 2.45) is 0 Å². The van der Waals surface area contributed by atoms with Gasteiger partial charge in [0.2, 0.25) is 5.91 Å². The zero-order valence-electron chi connectivity index (χ0n) is 13.7. The normalized spacial score (nSPS) is 10.1. The van der Waals surface area contributed by atoms with E-state index >= 15 is 0 Å². The lowest BCUT2D eigenvalue weighted by atomic mass is 10.1. The van der Waals surface area contributed by atoms with Gasteiger partial charge in [0.25, 0.3) is 0 Å². The van der Waals surface area contributed by atoms with Gasteiger partial charge in [-0.3, -0.25) is 14.4 Å². The van der Waals surface area contributed by atoms with Gasteiger partial charge in [0.1, 0.15) is 5.75 Å². The third kappa shape index (κ3) is 5.05. The maximum Gasteiger partial charge on any atom is 0.315 e. The van der Waals surface area contributed by atoms with E-state index in [0.29, 0.717) is 23.4 Å². The van der Waals surface area contributed by atoms with Crippen LogP contribution >= 0.6 is 0 Å². The van der Waals surface area contributed by atoms with Crippen LogP contribution in [-0.4, -0.2) is 17.7 Å². The van der Waals surface area contributed by atoms with Crippen molar-refractivity contribution in [1.29, 1.82) is 0 Å². The van der Waals surface area contributed by atoms with E-state index in [1.54, 1.807) is 55.5 Å². The molecule has 0 radical (unpaired) electrons. The highest BCUT2D eigenvalue weighted by Crippen LogP contribution is 2.15. The van der Waals surface area contributed by atoms with Crippen LogP contribution in [0.2, 0.25) is 0 Å². The molecule has 2 aromatic carbocycles.